The second kappa shape index (κ2) is 19.9. The Hall–Kier alpha value is -2.20. The Morgan fingerprint density at radius 2 is 0.973 bits per heavy atom. The predicted octanol–water partition coefficient (Wildman–Crippen LogP) is 2.67. The molecule has 0 unspecified atom stereocenters. The Labute approximate surface area is 221 Å². The molecule has 0 aromatic heterocycles. The van der Waals surface area contributed by atoms with Crippen LogP contribution in [0.4, 0.5) is 0 Å². The van der Waals surface area contributed by atoms with Crippen molar-refractivity contribution in [3.63, 3.8) is 0 Å². The highest BCUT2D eigenvalue weighted by Crippen LogP contribution is 2.16. The van der Waals surface area contributed by atoms with Crippen LogP contribution in [-0.4, -0.2) is 71.5 Å². The van der Waals surface area contributed by atoms with Crippen LogP contribution < -0.4 is 10.6 Å². The molecule has 1 rings (SSSR count). The van der Waals surface area contributed by atoms with Crippen LogP contribution in [0.3, 0.4) is 0 Å². The zero-order chi connectivity index (χ0) is 27.5. The van der Waals surface area contributed by atoms with Crippen LogP contribution in [0.25, 0.3) is 0 Å². The van der Waals surface area contributed by atoms with Gasteiger partial charge in [-0.15, -0.1) is 0 Å². The van der Waals surface area contributed by atoms with Crippen LogP contribution in [-0.2, 0) is 28.7 Å². The fourth-order valence-corrected chi connectivity index (χ4v) is 4.30. The Balaban J connectivity index is 2.93. The fourth-order valence-electron chi connectivity index (χ4n) is 4.30. The first-order valence-electron chi connectivity index (χ1n) is 14.1. The van der Waals surface area contributed by atoms with Gasteiger partial charge in [0.05, 0.1) is 26.1 Å². The van der Waals surface area contributed by atoms with Gasteiger partial charge in [-0.25, -0.2) is 9.59 Å². The molecule has 0 saturated carbocycles. The van der Waals surface area contributed by atoms with Gasteiger partial charge in [-0.3, -0.25) is 9.59 Å². The number of aliphatic hydroxyl groups excluding tert-OH is 2. The molecule has 1 heterocycles. The van der Waals surface area contributed by atoms with E-state index in [1.807, 2.05) is 0 Å². The number of carbonyl (C=O) groups excluding carboxylic acids is 4. The summed E-state index contributed by atoms with van der Waals surface area (Å²) >= 11 is 0. The molecular formula is C27H48N2O8. The van der Waals surface area contributed by atoms with Crippen LogP contribution in [0.1, 0.15) is 110 Å². The van der Waals surface area contributed by atoms with Gasteiger partial charge in [0.25, 0.3) is 0 Å². The molecule has 4 atom stereocenters. The van der Waals surface area contributed by atoms with Gasteiger partial charge < -0.3 is 30.3 Å². The van der Waals surface area contributed by atoms with Crippen molar-refractivity contribution < 1.29 is 38.9 Å². The van der Waals surface area contributed by atoms with Gasteiger partial charge in [0.15, 0.2) is 12.1 Å². The van der Waals surface area contributed by atoms with Crippen LogP contribution in [0.5, 0.6) is 0 Å². The number of unbranched alkanes of at least 4 members (excludes halogenated alkanes) is 9. The second-order valence-corrected chi connectivity index (χ2v) is 9.89. The van der Waals surface area contributed by atoms with Crippen molar-refractivity contribution in [2.24, 2.45) is 0 Å². The number of carbonyl (C=O) groups is 4. The summed E-state index contributed by atoms with van der Waals surface area (Å²) < 4.78 is 11.0. The topological polar surface area (TPSA) is 151 Å². The number of aliphatic hydroxyl groups is 2. The van der Waals surface area contributed by atoms with E-state index in [4.69, 9.17) is 9.47 Å². The number of esters is 2. The molecule has 37 heavy (non-hydrogen) atoms. The Morgan fingerprint density at radius 3 is 1.32 bits per heavy atom. The van der Waals surface area contributed by atoms with E-state index in [1.54, 1.807) is 0 Å². The van der Waals surface area contributed by atoms with E-state index in [0.717, 1.165) is 70.6 Å². The maximum Gasteiger partial charge on any atom is 0.331 e. The summed E-state index contributed by atoms with van der Waals surface area (Å²) in [5.74, 6) is -2.75. The summed E-state index contributed by atoms with van der Waals surface area (Å²) in [5.41, 5.74) is 0. The van der Waals surface area contributed by atoms with Crippen molar-refractivity contribution in [3.05, 3.63) is 0 Å². The van der Waals surface area contributed by atoms with Crippen molar-refractivity contribution in [1.82, 2.24) is 10.6 Å². The first-order chi connectivity index (χ1) is 17.8. The Bertz CT molecular complexity index is 687. The Morgan fingerprint density at radius 1 is 0.622 bits per heavy atom. The smallest absolute Gasteiger partial charge is 0.331 e. The van der Waals surface area contributed by atoms with Crippen LogP contribution in [0.15, 0.2) is 0 Å². The van der Waals surface area contributed by atoms with E-state index < -0.39 is 61.3 Å². The number of nitrogens with one attached hydrogen (secondary N) is 2. The van der Waals surface area contributed by atoms with Gasteiger partial charge in [-0.05, 0) is 25.7 Å². The normalized spacial score (nSPS) is 24.0. The average molecular weight is 529 g/mol. The zero-order valence-electron chi connectivity index (χ0n) is 22.7. The first kappa shape index (κ1) is 32.8. The monoisotopic (exact) mass is 528 g/mol. The van der Waals surface area contributed by atoms with E-state index in [9.17, 15) is 29.4 Å². The molecule has 1 aliphatic heterocycles. The van der Waals surface area contributed by atoms with Crippen molar-refractivity contribution in [3.8, 4) is 0 Å². The highest BCUT2D eigenvalue weighted by Gasteiger charge is 2.31. The summed E-state index contributed by atoms with van der Waals surface area (Å²) in [7, 11) is 0. The van der Waals surface area contributed by atoms with Gasteiger partial charge in [-0.2, -0.15) is 0 Å². The molecule has 1 aliphatic rings. The molecule has 2 amide bonds. The van der Waals surface area contributed by atoms with Gasteiger partial charge in [-0.1, -0.05) is 71.6 Å². The lowest BCUT2D eigenvalue weighted by Gasteiger charge is -2.25. The lowest BCUT2D eigenvalue weighted by Crippen LogP contribution is -2.49. The molecule has 0 radical (unpaired) electrons. The molecule has 0 aromatic rings. The third-order valence-corrected chi connectivity index (χ3v) is 6.51. The molecular weight excluding hydrogens is 480 g/mol. The standard InChI is InChI=1S/C27H48N2O8/c1-3-5-7-9-11-13-15-21-17-25(33)29-22(18-30)26(34)36-20(14-12-10-8-6-4-2)16-24(32)28-23(19-31)27(35)37-21/h20-23,30-31H,3-19H2,1-2H3,(H,28,32)(H,29,33)/t20-,21+,22+,23+/m1/s1. The summed E-state index contributed by atoms with van der Waals surface area (Å²) in [4.78, 5) is 50.8. The largest absolute Gasteiger partial charge is 0.460 e. The SMILES string of the molecule is CCCCCCCC[C@H]1CC(=O)N[C@@H](CO)C(=O)O[C@H](CCCCCCC)CC(=O)N[C@@H](CO)C(=O)O1. The summed E-state index contributed by atoms with van der Waals surface area (Å²) in [6, 6.07) is -2.56. The summed E-state index contributed by atoms with van der Waals surface area (Å²) in [5, 5.41) is 24.4. The van der Waals surface area contributed by atoms with E-state index >= 15 is 0 Å². The maximum atomic E-state index is 12.7. The lowest BCUT2D eigenvalue weighted by molar-refractivity contribution is -0.160. The number of amides is 2. The first-order valence-corrected chi connectivity index (χ1v) is 14.1. The molecule has 214 valence electrons. The number of ether oxygens (including phenoxy) is 2. The molecule has 1 saturated heterocycles. The highest BCUT2D eigenvalue weighted by atomic mass is 16.6. The molecule has 0 spiro atoms. The summed E-state index contributed by atoms with van der Waals surface area (Å²) in [6.45, 7) is 2.92. The number of cyclic esters (lactones) is 2. The minimum atomic E-state index is -1.28. The van der Waals surface area contributed by atoms with Crippen molar-refractivity contribution in [1.29, 1.82) is 0 Å². The maximum absolute atomic E-state index is 12.7. The van der Waals surface area contributed by atoms with Gasteiger partial charge in [0.2, 0.25) is 11.8 Å². The highest BCUT2D eigenvalue weighted by molar-refractivity contribution is 5.87. The quantitative estimate of drug-likeness (QED) is 0.187. The molecule has 0 bridgehead atoms. The molecule has 0 aromatic carbocycles. The number of hydrogen-bond acceptors (Lipinski definition) is 8. The third-order valence-electron chi connectivity index (χ3n) is 6.51. The average Bonchev–Trinajstić information content (AvgIpc) is 2.86. The van der Waals surface area contributed by atoms with Crippen LogP contribution >= 0.6 is 0 Å². The van der Waals surface area contributed by atoms with Crippen molar-refractivity contribution >= 4 is 23.8 Å². The predicted molar refractivity (Wildman–Crippen MR) is 138 cm³/mol. The minimum Gasteiger partial charge on any atom is -0.460 e. The Kier molecular flexibility index (Phi) is 17.6. The van der Waals surface area contributed by atoms with Crippen molar-refractivity contribution in [2.45, 2.75) is 134 Å². The van der Waals surface area contributed by atoms with Gasteiger partial charge in [0.1, 0.15) is 12.2 Å². The zero-order valence-corrected chi connectivity index (χ0v) is 22.7. The number of hydrogen-bond donors (Lipinski definition) is 4. The van der Waals surface area contributed by atoms with Crippen LogP contribution in [0, 0.1) is 0 Å². The number of rotatable bonds is 15. The third kappa shape index (κ3) is 14.4. The van der Waals surface area contributed by atoms with Gasteiger partial charge in [0, 0.05) is 0 Å². The lowest BCUT2D eigenvalue weighted by atomic mass is 10.0. The second-order valence-electron chi connectivity index (χ2n) is 9.89. The van der Waals surface area contributed by atoms with E-state index in [0.29, 0.717) is 12.8 Å². The molecule has 10 nitrogen and oxygen atoms in total. The molecule has 0 aliphatic carbocycles. The fraction of sp³-hybridized carbons (Fsp3) is 0.852. The molecule has 1 fully saturated rings. The minimum absolute atomic E-state index is 0.211. The van der Waals surface area contributed by atoms with E-state index in [2.05, 4.69) is 24.5 Å². The van der Waals surface area contributed by atoms with E-state index in [1.165, 1.54) is 0 Å². The van der Waals surface area contributed by atoms with E-state index in [-0.39, 0.29) is 12.8 Å². The molecule has 10 heteroatoms. The van der Waals surface area contributed by atoms with Gasteiger partial charge >= 0.3 is 11.9 Å². The summed E-state index contributed by atoms with van der Waals surface area (Å²) in [6.07, 6.45) is 9.74. The molecule has 4 N–H and O–H groups in total. The van der Waals surface area contributed by atoms with Crippen molar-refractivity contribution in [2.75, 3.05) is 13.2 Å². The van der Waals surface area contributed by atoms with Crippen LogP contribution in [0.2, 0.25) is 0 Å².